The highest BCUT2D eigenvalue weighted by Crippen LogP contribution is 2.40. The van der Waals surface area contributed by atoms with Crippen LogP contribution in [0.15, 0.2) is 30.3 Å². The van der Waals surface area contributed by atoms with E-state index in [0.29, 0.717) is 25.2 Å². The first-order valence-electron chi connectivity index (χ1n) is 6.04. The van der Waals surface area contributed by atoms with Gasteiger partial charge in [-0.1, -0.05) is 18.2 Å². The molecule has 0 amide bonds. The first-order chi connectivity index (χ1) is 8.58. The molecule has 0 radical (unpaired) electrons. The van der Waals surface area contributed by atoms with Crippen LogP contribution in [-0.4, -0.2) is 44.0 Å². The summed E-state index contributed by atoms with van der Waals surface area (Å²) in [5, 5.41) is 13.2. The van der Waals surface area contributed by atoms with Crippen molar-refractivity contribution in [1.82, 2.24) is 5.32 Å². The van der Waals surface area contributed by atoms with Crippen molar-refractivity contribution in [3.05, 3.63) is 30.3 Å². The molecule has 2 aliphatic heterocycles. The molecule has 2 N–H and O–H groups in total. The summed E-state index contributed by atoms with van der Waals surface area (Å²) >= 11 is 0. The van der Waals surface area contributed by atoms with E-state index in [1.807, 2.05) is 6.07 Å². The van der Waals surface area contributed by atoms with Gasteiger partial charge < -0.3 is 10.4 Å². The third-order valence-electron chi connectivity index (χ3n) is 3.94. The van der Waals surface area contributed by atoms with Gasteiger partial charge in [0.05, 0.1) is 18.3 Å². The van der Waals surface area contributed by atoms with Gasteiger partial charge in [-0.15, -0.1) is 0 Å². The number of anilines is 1. The van der Waals surface area contributed by atoms with Crippen LogP contribution < -0.4 is 9.62 Å². The SMILES string of the molecule is O=S1(=O)N(c2ccccc2)C[C@@H](O)[C@]12CCNC2. The summed E-state index contributed by atoms with van der Waals surface area (Å²) in [7, 11) is -3.51. The Labute approximate surface area is 106 Å². The van der Waals surface area contributed by atoms with Crippen molar-refractivity contribution in [2.45, 2.75) is 17.3 Å². The highest BCUT2D eigenvalue weighted by Gasteiger charge is 2.60. The number of aliphatic hydroxyl groups excluding tert-OH is 1. The van der Waals surface area contributed by atoms with Crippen LogP contribution in [0.25, 0.3) is 0 Å². The summed E-state index contributed by atoms with van der Waals surface area (Å²) in [6.07, 6.45) is -0.363. The molecule has 0 aromatic heterocycles. The number of nitrogens with zero attached hydrogens (tertiary/aromatic N) is 1. The Morgan fingerprint density at radius 1 is 1.33 bits per heavy atom. The fourth-order valence-electron chi connectivity index (χ4n) is 2.84. The van der Waals surface area contributed by atoms with Crippen molar-refractivity contribution >= 4 is 15.7 Å². The molecule has 18 heavy (non-hydrogen) atoms. The molecule has 1 aromatic carbocycles. The van der Waals surface area contributed by atoms with Gasteiger partial charge in [0.15, 0.2) is 0 Å². The first kappa shape index (κ1) is 12.0. The van der Waals surface area contributed by atoms with Crippen LogP contribution in [0.5, 0.6) is 0 Å². The van der Waals surface area contributed by atoms with Crippen LogP contribution in [0.1, 0.15) is 6.42 Å². The van der Waals surface area contributed by atoms with Gasteiger partial charge in [-0.05, 0) is 25.1 Å². The molecule has 2 heterocycles. The van der Waals surface area contributed by atoms with Gasteiger partial charge in [-0.25, -0.2) is 8.42 Å². The van der Waals surface area contributed by atoms with Gasteiger partial charge in [0.25, 0.3) is 0 Å². The fourth-order valence-corrected chi connectivity index (χ4v) is 5.08. The fraction of sp³-hybridized carbons (Fsp3) is 0.500. The molecule has 2 saturated heterocycles. The quantitative estimate of drug-likeness (QED) is 0.748. The smallest absolute Gasteiger partial charge is 0.244 e. The Hall–Kier alpha value is -1.11. The van der Waals surface area contributed by atoms with Crippen LogP contribution in [0, 0.1) is 0 Å². The molecule has 0 unspecified atom stereocenters. The van der Waals surface area contributed by atoms with Crippen molar-refractivity contribution in [1.29, 1.82) is 0 Å². The summed E-state index contributed by atoms with van der Waals surface area (Å²) in [5.41, 5.74) is 0.625. The molecule has 2 aliphatic rings. The molecular weight excluding hydrogens is 252 g/mol. The van der Waals surface area contributed by atoms with Crippen LogP contribution in [0.4, 0.5) is 5.69 Å². The second kappa shape index (κ2) is 3.94. The van der Waals surface area contributed by atoms with Crippen LogP contribution in [0.2, 0.25) is 0 Å². The third-order valence-corrected chi connectivity index (χ3v) is 6.53. The van der Waals surface area contributed by atoms with Crippen molar-refractivity contribution in [3.63, 3.8) is 0 Å². The van der Waals surface area contributed by atoms with Gasteiger partial charge in [-0.2, -0.15) is 0 Å². The van der Waals surface area contributed by atoms with Crippen molar-refractivity contribution in [2.24, 2.45) is 0 Å². The lowest BCUT2D eigenvalue weighted by molar-refractivity contribution is 0.151. The van der Waals surface area contributed by atoms with E-state index in [1.165, 1.54) is 4.31 Å². The maximum atomic E-state index is 12.7. The Kier molecular flexibility index (Phi) is 2.62. The number of nitrogens with one attached hydrogen (secondary N) is 1. The number of hydrogen-bond acceptors (Lipinski definition) is 4. The van der Waals surface area contributed by atoms with Gasteiger partial charge in [0, 0.05) is 6.54 Å². The highest BCUT2D eigenvalue weighted by molar-refractivity contribution is 7.94. The number of rotatable bonds is 1. The lowest BCUT2D eigenvalue weighted by atomic mass is 10.0. The Morgan fingerprint density at radius 2 is 2.06 bits per heavy atom. The van der Waals surface area contributed by atoms with E-state index in [-0.39, 0.29) is 6.54 Å². The average Bonchev–Trinajstić information content (AvgIpc) is 2.93. The normalized spacial score (nSPS) is 34.3. The van der Waals surface area contributed by atoms with E-state index in [1.54, 1.807) is 24.3 Å². The van der Waals surface area contributed by atoms with E-state index in [2.05, 4.69) is 5.32 Å². The summed E-state index contributed by atoms with van der Waals surface area (Å²) in [4.78, 5) is 0. The van der Waals surface area contributed by atoms with E-state index < -0.39 is 20.9 Å². The molecule has 2 fully saturated rings. The van der Waals surface area contributed by atoms with E-state index in [4.69, 9.17) is 0 Å². The maximum Gasteiger partial charge on any atom is 0.244 e. The predicted octanol–water partition coefficient (Wildman–Crippen LogP) is -0.0706. The molecule has 1 spiro atoms. The minimum absolute atomic E-state index is 0.147. The molecule has 0 bridgehead atoms. The molecule has 6 heteroatoms. The molecule has 0 aliphatic carbocycles. The minimum atomic E-state index is -3.51. The summed E-state index contributed by atoms with van der Waals surface area (Å²) in [6.45, 7) is 1.12. The topological polar surface area (TPSA) is 69.6 Å². The monoisotopic (exact) mass is 268 g/mol. The van der Waals surface area contributed by atoms with Gasteiger partial charge >= 0.3 is 0 Å². The second-order valence-corrected chi connectivity index (χ2v) is 7.08. The van der Waals surface area contributed by atoms with Crippen LogP contribution in [0.3, 0.4) is 0 Å². The Bertz CT molecular complexity index is 538. The molecule has 1 aromatic rings. The van der Waals surface area contributed by atoms with Crippen molar-refractivity contribution < 1.29 is 13.5 Å². The van der Waals surface area contributed by atoms with Gasteiger partial charge in [0.1, 0.15) is 4.75 Å². The minimum Gasteiger partial charge on any atom is -0.389 e. The van der Waals surface area contributed by atoms with Crippen molar-refractivity contribution in [3.8, 4) is 0 Å². The van der Waals surface area contributed by atoms with E-state index in [9.17, 15) is 13.5 Å². The predicted molar refractivity (Wildman–Crippen MR) is 68.9 cm³/mol. The number of para-hydroxylation sites is 1. The van der Waals surface area contributed by atoms with Gasteiger partial charge in [0.2, 0.25) is 10.0 Å². The van der Waals surface area contributed by atoms with Crippen LogP contribution in [-0.2, 0) is 10.0 Å². The van der Waals surface area contributed by atoms with Gasteiger partial charge in [-0.3, -0.25) is 4.31 Å². The second-order valence-electron chi connectivity index (χ2n) is 4.88. The highest BCUT2D eigenvalue weighted by atomic mass is 32.2. The lowest BCUT2D eigenvalue weighted by Gasteiger charge is -2.25. The van der Waals surface area contributed by atoms with E-state index in [0.717, 1.165) is 0 Å². The third kappa shape index (κ3) is 1.43. The maximum absolute atomic E-state index is 12.7. The average molecular weight is 268 g/mol. The zero-order valence-electron chi connectivity index (χ0n) is 9.91. The van der Waals surface area contributed by atoms with Crippen LogP contribution >= 0.6 is 0 Å². The molecule has 2 atom stereocenters. The number of benzene rings is 1. The number of sulfonamides is 1. The molecule has 0 saturated carbocycles. The van der Waals surface area contributed by atoms with E-state index >= 15 is 0 Å². The molecule has 98 valence electrons. The summed E-state index contributed by atoms with van der Waals surface area (Å²) in [6, 6.07) is 8.96. The van der Waals surface area contributed by atoms with Crippen molar-refractivity contribution in [2.75, 3.05) is 23.9 Å². The standard InChI is InChI=1S/C12H16N2O3S/c15-11-8-14(10-4-2-1-3-5-10)18(16,17)12(11)6-7-13-9-12/h1-5,11,13,15H,6-9H2/t11-,12-/m1/s1. The molecule has 5 nitrogen and oxygen atoms in total. The lowest BCUT2D eigenvalue weighted by Crippen LogP contribution is -2.47. The zero-order valence-corrected chi connectivity index (χ0v) is 10.7. The largest absolute Gasteiger partial charge is 0.389 e. The number of aliphatic hydroxyl groups is 1. The summed E-state index contributed by atoms with van der Waals surface area (Å²) in [5.74, 6) is 0. The number of β-amino-alcohol motifs (C(OH)–C–C–N with tert-alkyl or cyclic N) is 1. The Balaban J connectivity index is 2.06. The first-order valence-corrected chi connectivity index (χ1v) is 7.48. The molecular formula is C12H16N2O3S. The summed E-state index contributed by atoms with van der Waals surface area (Å²) < 4.78 is 25.6. The number of hydrogen-bond donors (Lipinski definition) is 2. The molecule has 3 rings (SSSR count). The zero-order chi connectivity index (χ0) is 12.8. The Morgan fingerprint density at radius 3 is 2.67 bits per heavy atom.